The lowest BCUT2D eigenvalue weighted by molar-refractivity contribution is 0.0951. The predicted octanol–water partition coefficient (Wildman–Crippen LogP) is 3.51. The van der Waals surface area contributed by atoms with Crippen LogP contribution in [0.15, 0.2) is 42.5 Å². The number of amides is 1. The Labute approximate surface area is 155 Å². The summed E-state index contributed by atoms with van der Waals surface area (Å²) < 4.78 is 11.2. The molecule has 0 radical (unpaired) electrons. The summed E-state index contributed by atoms with van der Waals surface area (Å²) in [5, 5.41) is 2.92. The number of methoxy groups -OCH3 is 1. The van der Waals surface area contributed by atoms with Crippen LogP contribution < -0.4 is 20.5 Å². The summed E-state index contributed by atoms with van der Waals surface area (Å²) in [7, 11) is 1.62. The molecule has 0 aromatic heterocycles. The van der Waals surface area contributed by atoms with Crippen LogP contribution in [-0.4, -0.2) is 19.6 Å². The van der Waals surface area contributed by atoms with Crippen LogP contribution in [0.2, 0.25) is 0 Å². The minimum absolute atomic E-state index is 0.121. The van der Waals surface area contributed by atoms with Crippen molar-refractivity contribution in [3.8, 4) is 11.5 Å². The fourth-order valence-corrected chi connectivity index (χ4v) is 2.42. The van der Waals surface area contributed by atoms with Gasteiger partial charge in [0.2, 0.25) is 0 Å². The Bertz CT molecular complexity index is 712. The molecule has 0 spiro atoms. The van der Waals surface area contributed by atoms with Gasteiger partial charge in [0.25, 0.3) is 5.91 Å². The average Bonchev–Trinajstić information content (AvgIpc) is 2.66. The minimum atomic E-state index is -0.121. The van der Waals surface area contributed by atoms with Gasteiger partial charge in [0.15, 0.2) is 11.5 Å². The average molecular weight is 356 g/mol. The van der Waals surface area contributed by atoms with E-state index in [-0.39, 0.29) is 5.91 Å². The summed E-state index contributed by atoms with van der Waals surface area (Å²) in [5.41, 5.74) is 8.13. The molecule has 0 atom stereocenters. The van der Waals surface area contributed by atoms with Crippen molar-refractivity contribution in [2.75, 3.05) is 13.7 Å². The molecule has 3 N–H and O–H groups in total. The number of carbonyl (C=O) groups is 1. The molecule has 5 nitrogen and oxygen atoms in total. The van der Waals surface area contributed by atoms with Crippen LogP contribution in [0.1, 0.15) is 41.8 Å². The van der Waals surface area contributed by atoms with Crippen molar-refractivity contribution in [1.82, 2.24) is 5.32 Å². The molecular weight excluding hydrogens is 328 g/mol. The summed E-state index contributed by atoms with van der Waals surface area (Å²) >= 11 is 0. The van der Waals surface area contributed by atoms with E-state index >= 15 is 0 Å². The van der Waals surface area contributed by atoms with E-state index in [2.05, 4.69) is 19.2 Å². The summed E-state index contributed by atoms with van der Waals surface area (Å²) in [6.07, 6.45) is 0.990. The second-order valence-corrected chi connectivity index (χ2v) is 6.60. The Balaban J connectivity index is 1.95. The quantitative estimate of drug-likeness (QED) is 0.721. The molecule has 0 saturated heterocycles. The first-order chi connectivity index (χ1) is 12.5. The first kappa shape index (κ1) is 19.8. The number of nitrogens with two attached hydrogens (primary N) is 1. The van der Waals surface area contributed by atoms with Gasteiger partial charge in [0.05, 0.1) is 13.7 Å². The second kappa shape index (κ2) is 9.82. The van der Waals surface area contributed by atoms with Gasteiger partial charge in [-0.2, -0.15) is 0 Å². The molecule has 2 rings (SSSR count). The Hall–Kier alpha value is -2.53. The molecule has 26 heavy (non-hydrogen) atoms. The zero-order chi connectivity index (χ0) is 18.9. The molecule has 0 aliphatic carbocycles. The van der Waals surface area contributed by atoms with Crippen LogP contribution in [0.5, 0.6) is 11.5 Å². The molecule has 0 aliphatic heterocycles. The summed E-state index contributed by atoms with van der Waals surface area (Å²) in [6.45, 7) is 5.86. The fourth-order valence-electron chi connectivity index (χ4n) is 2.42. The molecule has 0 aliphatic rings. The molecule has 5 heteroatoms. The van der Waals surface area contributed by atoms with Crippen molar-refractivity contribution >= 4 is 5.91 Å². The third-order valence-electron chi connectivity index (χ3n) is 4.09. The van der Waals surface area contributed by atoms with Gasteiger partial charge in [-0.15, -0.1) is 0 Å². The first-order valence-corrected chi connectivity index (χ1v) is 8.90. The molecular formula is C21H28N2O3. The maximum Gasteiger partial charge on any atom is 0.251 e. The zero-order valence-electron chi connectivity index (χ0n) is 15.7. The van der Waals surface area contributed by atoms with Crippen molar-refractivity contribution in [3.63, 3.8) is 0 Å². The van der Waals surface area contributed by atoms with E-state index in [1.165, 1.54) is 0 Å². The van der Waals surface area contributed by atoms with Gasteiger partial charge in [0, 0.05) is 18.7 Å². The van der Waals surface area contributed by atoms with Crippen molar-refractivity contribution in [2.45, 2.75) is 33.4 Å². The van der Waals surface area contributed by atoms with Gasteiger partial charge in [-0.25, -0.2) is 0 Å². The molecule has 0 bridgehead atoms. The van der Waals surface area contributed by atoms with Gasteiger partial charge in [-0.3, -0.25) is 4.79 Å². The second-order valence-electron chi connectivity index (χ2n) is 6.60. The van der Waals surface area contributed by atoms with E-state index in [0.29, 0.717) is 36.9 Å². The lowest BCUT2D eigenvalue weighted by Crippen LogP contribution is -2.22. The minimum Gasteiger partial charge on any atom is -0.493 e. The number of hydrogen-bond donors (Lipinski definition) is 2. The van der Waals surface area contributed by atoms with Crippen LogP contribution in [0.25, 0.3) is 0 Å². The third kappa shape index (κ3) is 5.77. The normalized spacial score (nSPS) is 10.7. The van der Waals surface area contributed by atoms with E-state index in [4.69, 9.17) is 15.2 Å². The van der Waals surface area contributed by atoms with E-state index in [0.717, 1.165) is 23.3 Å². The highest BCUT2D eigenvalue weighted by Gasteiger charge is 2.09. The Morgan fingerprint density at radius 3 is 2.38 bits per heavy atom. The number of rotatable bonds is 9. The Morgan fingerprint density at radius 1 is 1.08 bits per heavy atom. The highest BCUT2D eigenvalue weighted by molar-refractivity contribution is 5.94. The Morgan fingerprint density at radius 2 is 1.77 bits per heavy atom. The molecule has 0 unspecified atom stereocenters. The molecule has 140 valence electrons. The number of carbonyl (C=O) groups excluding carboxylic acids is 1. The van der Waals surface area contributed by atoms with E-state index in [1.807, 2.05) is 30.3 Å². The van der Waals surface area contributed by atoms with Crippen molar-refractivity contribution < 1.29 is 14.3 Å². The van der Waals surface area contributed by atoms with E-state index in [9.17, 15) is 4.79 Å². The number of hydrogen-bond acceptors (Lipinski definition) is 4. The smallest absolute Gasteiger partial charge is 0.251 e. The van der Waals surface area contributed by atoms with Crippen molar-refractivity contribution in [2.24, 2.45) is 11.7 Å². The number of nitrogens with one attached hydrogen (secondary N) is 1. The fraction of sp³-hybridized carbons (Fsp3) is 0.381. The maximum atomic E-state index is 12.2. The monoisotopic (exact) mass is 356 g/mol. The number of ether oxygens (including phenoxy) is 2. The molecule has 2 aromatic rings. The lowest BCUT2D eigenvalue weighted by atomic mass is 10.1. The molecule has 0 fully saturated rings. The molecule has 0 heterocycles. The molecule has 2 aromatic carbocycles. The van der Waals surface area contributed by atoms with Gasteiger partial charge in [-0.1, -0.05) is 32.0 Å². The lowest BCUT2D eigenvalue weighted by Gasteiger charge is -2.13. The molecule has 1 amide bonds. The summed E-state index contributed by atoms with van der Waals surface area (Å²) in [4.78, 5) is 12.2. The highest BCUT2D eigenvalue weighted by Crippen LogP contribution is 2.28. The van der Waals surface area contributed by atoms with Crippen LogP contribution in [0, 0.1) is 5.92 Å². The Kier molecular flexibility index (Phi) is 7.48. The third-order valence-corrected chi connectivity index (χ3v) is 4.09. The zero-order valence-corrected chi connectivity index (χ0v) is 15.7. The highest BCUT2D eigenvalue weighted by atomic mass is 16.5. The SMILES string of the molecule is COc1cc(CNC(=O)c2ccc(CN)cc2)ccc1OCCC(C)C. The maximum absolute atomic E-state index is 12.2. The standard InChI is InChI=1S/C21H28N2O3/c1-15(2)10-11-26-19-9-6-17(12-20(19)25-3)14-23-21(24)18-7-4-16(13-22)5-8-18/h4-9,12,15H,10-11,13-14,22H2,1-3H3,(H,23,24). The van der Waals surface area contributed by atoms with Gasteiger partial charge in [-0.05, 0) is 47.7 Å². The van der Waals surface area contributed by atoms with Crippen LogP contribution in [0.3, 0.4) is 0 Å². The largest absolute Gasteiger partial charge is 0.493 e. The number of benzene rings is 2. The summed E-state index contributed by atoms with van der Waals surface area (Å²) in [5.74, 6) is 1.87. The van der Waals surface area contributed by atoms with Gasteiger partial charge in [0.1, 0.15) is 0 Å². The van der Waals surface area contributed by atoms with Crippen LogP contribution in [0.4, 0.5) is 0 Å². The van der Waals surface area contributed by atoms with Crippen molar-refractivity contribution in [1.29, 1.82) is 0 Å². The molecule has 0 saturated carbocycles. The van der Waals surface area contributed by atoms with Gasteiger partial charge < -0.3 is 20.5 Å². The van der Waals surface area contributed by atoms with Gasteiger partial charge >= 0.3 is 0 Å². The predicted molar refractivity (Wildman–Crippen MR) is 103 cm³/mol. The first-order valence-electron chi connectivity index (χ1n) is 8.90. The topological polar surface area (TPSA) is 73.6 Å². The summed E-state index contributed by atoms with van der Waals surface area (Å²) in [6, 6.07) is 13.0. The van der Waals surface area contributed by atoms with Crippen LogP contribution >= 0.6 is 0 Å². The van der Waals surface area contributed by atoms with E-state index < -0.39 is 0 Å². The van der Waals surface area contributed by atoms with Crippen LogP contribution in [-0.2, 0) is 13.1 Å². The van der Waals surface area contributed by atoms with Crippen molar-refractivity contribution in [3.05, 3.63) is 59.2 Å². The van der Waals surface area contributed by atoms with E-state index in [1.54, 1.807) is 19.2 Å².